The molecule has 0 aliphatic carbocycles. The number of ether oxygens (including phenoxy) is 2. The van der Waals surface area contributed by atoms with E-state index in [0.717, 1.165) is 11.1 Å². The monoisotopic (exact) mass is 225 g/mol. The molecule has 16 heavy (non-hydrogen) atoms. The lowest BCUT2D eigenvalue weighted by Crippen LogP contribution is -2.17. The quantitative estimate of drug-likeness (QED) is 0.792. The second-order valence-corrected chi connectivity index (χ2v) is 3.64. The molecule has 0 saturated carbocycles. The maximum absolute atomic E-state index is 9.93. The summed E-state index contributed by atoms with van der Waals surface area (Å²) in [7, 11) is 4.99. The summed E-state index contributed by atoms with van der Waals surface area (Å²) in [4.78, 5) is 0. The molecular weight excluding hydrogens is 206 g/mol. The lowest BCUT2D eigenvalue weighted by molar-refractivity contribution is 0.176. The summed E-state index contributed by atoms with van der Waals surface area (Å²) < 4.78 is 10.4. The predicted octanol–water partition coefficient (Wildman–Crippen LogP) is 1.27. The number of hydrogen-bond acceptors (Lipinski definition) is 4. The first-order valence-electron chi connectivity index (χ1n) is 5.19. The SMILES string of the molecule is CNCC(O)c1cc(OC)c(OC)cc1C. The topological polar surface area (TPSA) is 50.7 Å². The average molecular weight is 225 g/mol. The van der Waals surface area contributed by atoms with Gasteiger partial charge in [-0.2, -0.15) is 0 Å². The van der Waals surface area contributed by atoms with Gasteiger partial charge < -0.3 is 19.9 Å². The van der Waals surface area contributed by atoms with Gasteiger partial charge in [0, 0.05) is 6.54 Å². The molecule has 0 amide bonds. The fourth-order valence-electron chi connectivity index (χ4n) is 1.66. The van der Waals surface area contributed by atoms with Gasteiger partial charge in [-0.1, -0.05) is 0 Å². The first kappa shape index (κ1) is 12.8. The number of likely N-dealkylation sites (N-methyl/N-ethyl adjacent to an activating group) is 1. The molecule has 0 bridgehead atoms. The second-order valence-electron chi connectivity index (χ2n) is 3.64. The van der Waals surface area contributed by atoms with Gasteiger partial charge in [-0.3, -0.25) is 0 Å². The van der Waals surface area contributed by atoms with Crippen LogP contribution in [0.15, 0.2) is 12.1 Å². The van der Waals surface area contributed by atoms with Crippen LogP contribution in [0, 0.1) is 6.92 Å². The Morgan fingerprint density at radius 3 is 2.31 bits per heavy atom. The molecule has 0 fully saturated rings. The number of aliphatic hydroxyl groups excluding tert-OH is 1. The summed E-state index contributed by atoms with van der Waals surface area (Å²) in [5, 5.41) is 12.9. The maximum Gasteiger partial charge on any atom is 0.161 e. The Labute approximate surface area is 96.2 Å². The van der Waals surface area contributed by atoms with Crippen LogP contribution in [0.1, 0.15) is 17.2 Å². The van der Waals surface area contributed by atoms with Crippen LogP contribution in [0.4, 0.5) is 0 Å². The van der Waals surface area contributed by atoms with E-state index in [1.54, 1.807) is 21.3 Å². The van der Waals surface area contributed by atoms with Gasteiger partial charge in [-0.15, -0.1) is 0 Å². The van der Waals surface area contributed by atoms with Crippen LogP contribution < -0.4 is 14.8 Å². The summed E-state index contributed by atoms with van der Waals surface area (Å²) in [6.45, 7) is 2.45. The van der Waals surface area contributed by atoms with Crippen molar-refractivity contribution >= 4 is 0 Å². The van der Waals surface area contributed by atoms with Crippen molar-refractivity contribution in [2.45, 2.75) is 13.0 Å². The number of rotatable bonds is 5. The zero-order chi connectivity index (χ0) is 12.1. The van der Waals surface area contributed by atoms with E-state index < -0.39 is 6.10 Å². The maximum atomic E-state index is 9.93. The first-order chi connectivity index (χ1) is 7.63. The third-order valence-corrected chi connectivity index (χ3v) is 2.53. The van der Waals surface area contributed by atoms with E-state index in [0.29, 0.717) is 18.0 Å². The summed E-state index contributed by atoms with van der Waals surface area (Å²) in [5.74, 6) is 1.32. The van der Waals surface area contributed by atoms with E-state index in [1.807, 2.05) is 19.1 Å². The molecule has 1 aromatic carbocycles. The van der Waals surface area contributed by atoms with E-state index in [2.05, 4.69) is 5.32 Å². The molecule has 0 saturated heterocycles. The zero-order valence-electron chi connectivity index (χ0n) is 10.2. The summed E-state index contributed by atoms with van der Waals surface area (Å²) in [6, 6.07) is 3.68. The van der Waals surface area contributed by atoms with Crippen LogP contribution in [0.3, 0.4) is 0 Å². The summed E-state index contributed by atoms with van der Waals surface area (Å²) >= 11 is 0. The number of hydrogen-bond donors (Lipinski definition) is 2. The van der Waals surface area contributed by atoms with Crippen molar-refractivity contribution in [2.75, 3.05) is 27.8 Å². The van der Waals surface area contributed by atoms with Crippen LogP contribution in [0.2, 0.25) is 0 Å². The second kappa shape index (κ2) is 5.72. The first-order valence-corrected chi connectivity index (χ1v) is 5.19. The molecule has 0 spiro atoms. The van der Waals surface area contributed by atoms with Crippen LogP contribution in [-0.2, 0) is 0 Å². The molecule has 1 rings (SSSR count). The van der Waals surface area contributed by atoms with Crippen molar-refractivity contribution in [1.82, 2.24) is 5.32 Å². The van der Waals surface area contributed by atoms with Gasteiger partial charge in [0.1, 0.15) is 0 Å². The van der Waals surface area contributed by atoms with Gasteiger partial charge in [-0.25, -0.2) is 0 Å². The van der Waals surface area contributed by atoms with Crippen LogP contribution in [0.25, 0.3) is 0 Å². The molecular formula is C12H19NO3. The van der Waals surface area contributed by atoms with Crippen molar-refractivity contribution in [3.05, 3.63) is 23.3 Å². The molecule has 4 heteroatoms. The molecule has 1 unspecified atom stereocenters. The third kappa shape index (κ3) is 2.65. The molecule has 0 aliphatic heterocycles. The molecule has 1 aromatic rings. The average Bonchev–Trinajstić information content (AvgIpc) is 2.28. The van der Waals surface area contributed by atoms with Crippen molar-refractivity contribution < 1.29 is 14.6 Å². The smallest absolute Gasteiger partial charge is 0.161 e. The molecule has 0 heterocycles. The van der Waals surface area contributed by atoms with Gasteiger partial charge in [-0.05, 0) is 37.2 Å². The van der Waals surface area contributed by atoms with Gasteiger partial charge in [0.25, 0.3) is 0 Å². The number of methoxy groups -OCH3 is 2. The normalized spacial score (nSPS) is 12.3. The highest BCUT2D eigenvalue weighted by Gasteiger charge is 2.14. The number of benzene rings is 1. The van der Waals surface area contributed by atoms with E-state index in [-0.39, 0.29) is 0 Å². The van der Waals surface area contributed by atoms with Gasteiger partial charge in [0.2, 0.25) is 0 Å². The van der Waals surface area contributed by atoms with Crippen molar-refractivity contribution in [2.24, 2.45) is 0 Å². The number of aryl methyl sites for hydroxylation is 1. The standard InChI is InChI=1S/C12H19NO3/c1-8-5-11(15-3)12(16-4)6-9(8)10(14)7-13-2/h5-6,10,13-14H,7H2,1-4H3. The Hall–Kier alpha value is -1.26. The zero-order valence-corrected chi connectivity index (χ0v) is 10.2. The van der Waals surface area contributed by atoms with Crippen molar-refractivity contribution in [3.63, 3.8) is 0 Å². The molecule has 90 valence electrons. The lowest BCUT2D eigenvalue weighted by Gasteiger charge is -2.16. The molecule has 0 aliphatic rings. The van der Waals surface area contributed by atoms with Crippen LogP contribution >= 0.6 is 0 Å². The van der Waals surface area contributed by atoms with Crippen LogP contribution in [-0.4, -0.2) is 32.9 Å². The molecule has 0 radical (unpaired) electrons. The van der Waals surface area contributed by atoms with Gasteiger partial charge in [0.15, 0.2) is 11.5 Å². The fourth-order valence-corrected chi connectivity index (χ4v) is 1.66. The van der Waals surface area contributed by atoms with Gasteiger partial charge >= 0.3 is 0 Å². The Morgan fingerprint density at radius 1 is 1.25 bits per heavy atom. The van der Waals surface area contributed by atoms with Gasteiger partial charge in [0.05, 0.1) is 20.3 Å². The highest BCUT2D eigenvalue weighted by molar-refractivity contribution is 5.47. The van der Waals surface area contributed by atoms with E-state index in [9.17, 15) is 5.11 Å². The minimum atomic E-state index is -0.537. The van der Waals surface area contributed by atoms with Crippen molar-refractivity contribution in [3.8, 4) is 11.5 Å². The lowest BCUT2D eigenvalue weighted by atomic mass is 10.0. The third-order valence-electron chi connectivity index (χ3n) is 2.53. The summed E-state index contributed by atoms with van der Waals surface area (Å²) in [5.41, 5.74) is 1.84. The minimum Gasteiger partial charge on any atom is -0.493 e. The Morgan fingerprint density at radius 2 is 1.81 bits per heavy atom. The van der Waals surface area contributed by atoms with E-state index in [4.69, 9.17) is 9.47 Å². The summed E-state index contributed by atoms with van der Waals surface area (Å²) in [6.07, 6.45) is -0.537. The minimum absolute atomic E-state index is 0.510. The fraction of sp³-hybridized carbons (Fsp3) is 0.500. The molecule has 4 nitrogen and oxygen atoms in total. The Balaban J connectivity index is 3.10. The molecule has 2 N–H and O–H groups in total. The Kier molecular flexibility index (Phi) is 4.58. The number of nitrogens with one attached hydrogen (secondary N) is 1. The molecule has 1 atom stereocenters. The van der Waals surface area contributed by atoms with Crippen molar-refractivity contribution in [1.29, 1.82) is 0 Å². The largest absolute Gasteiger partial charge is 0.493 e. The van der Waals surface area contributed by atoms with E-state index in [1.165, 1.54) is 0 Å². The highest BCUT2D eigenvalue weighted by atomic mass is 16.5. The molecule has 0 aromatic heterocycles. The van der Waals surface area contributed by atoms with E-state index >= 15 is 0 Å². The van der Waals surface area contributed by atoms with Crippen LogP contribution in [0.5, 0.6) is 11.5 Å². The highest BCUT2D eigenvalue weighted by Crippen LogP contribution is 2.32. The Bertz CT molecular complexity index is 352. The number of aliphatic hydroxyl groups is 1. The predicted molar refractivity (Wildman–Crippen MR) is 63.2 cm³/mol.